The summed E-state index contributed by atoms with van der Waals surface area (Å²) >= 11 is 3.46. The molecular weight excluding hydrogens is 562 g/mol. The zero-order chi connectivity index (χ0) is 26.0. The lowest BCUT2D eigenvalue weighted by molar-refractivity contribution is -0.137. The molecule has 12 heteroatoms. The van der Waals surface area contributed by atoms with Gasteiger partial charge in [-0.3, -0.25) is 4.72 Å². The predicted molar refractivity (Wildman–Crippen MR) is 142 cm³/mol. The van der Waals surface area contributed by atoms with Gasteiger partial charge in [0.2, 0.25) is 0 Å². The van der Waals surface area contributed by atoms with Crippen LogP contribution in [-0.2, 0) is 16.6 Å². The minimum atomic E-state index is -3.91. The molecule has 0 fully saturated rings. The Bertz CT molecular complexity index is 1710. The molecule has 2 aromatic heterocycles. The van der Waals surface area contributed by atoms with E-state index in [1.165, 1.54) is 24.3 Å². The van der Waals surface area contributed by atoms with E-state index in [0.29, 0.717) is 39.4 Å². The molecule has 4 N–H and O–H groups in total. The van der Waals surface area contributed by atoms with Crippen molar-refractivity contribution in [3.05, 3.63) is 95.1 Å². The lowest BCUT2D eigenvalue weighted by Gasteiger charge is -2.13. The fourth-order valence-corrected chi connectivity index (χ4v) is 5.17. The van der Waals surface area contributed by atoms with Gasteiger partial charge in [-0.1, -0.05) is 30.3 Å². The highest BCUT2D eigenvalue weighted by Crippen LogP contribution is 2.31. The highest BCUT2D eigenvalue weighted by Gasteiger charge is 2.16. The van der Waals surface area contributed by atoms with E-state index in [-0.39, 0.29) is 16.4 Å². The number of benzene rings is 3. The molecule has 0 radical (unpaired) electrons. The fourth-order valence-electron chi connectivity index (χ4n) is 3.74. The van der Waals surface area contributed by atoms with E-state index < -0.39 is 10.0 Å². The zero-order valence-corrected chi connectivity index (χ0v) is 21.4. The molecule has 0 spiro atoms. The van der Waals surface area contributed by atoms with Gasteiger partial charge >= 0.3 is 0 Å². The number of halogens is 1. The number of aromatic hydroxyl groups is 1. The van der Waals surface area contributed by atoms with E-state index in [9.17, 15) is 13.5 Å². The minimum Gasteiger partial charge on any atom is -0.507 e. The number of hydrogen-bond acceptors (Lipinski definition) is 8. The monoisotopic (exact) mass is 581 g/mol. The third kappa shape index (κ3) is 5.21. The van der Waals surface area contributed by atoms with Crippen LogP contribution in [0.3, 0.4) is 0 Å². The summed E-state index contributed by atoms with van der Waals surface area (Å²) in [7, 11) is -3.91. The Morgan fingerprint density at radius 3 is 2.62 bits per heavy atom. The Labute approximate surface area is 220 Å². The van der Waals surface area contributed by atoms with Gasteiger partial charge in [-0.15, -0.1) is 0 Å². The normalized spacial score (nSPS) is 11.4. The summed E-state index contributed by atoms with van der Waals surface area (Å²) in [6.45, 7) is 0.347. The summed E-state index contributed by atoms with van der Waals surface area (Å²) in [5.41, 5.74) is 2.87. The molecule has 188 valence electrons. The van der Waals surface area contributed by atoms with E-state index in [1.807, 2.05) is 12.1 Å². The van der Waals surface area contributed by atoms with Gasteiger partial charge in [0.25, 0.3) is 10.0 Å². The van der Waals surface area contributed by atoms with Crippen molar-refractivity contribution in [1.29, 1.82) is 0 Å². The Balaban J connectivity index is 1.40. The number of rotatable bonds is 8. The van der Waals surface area contributed by atoms with Crippen molar-refractivity contribution in [2.24, 2.45) is 0 Å². The van der Waals surface area contributed by atoms with Gasteiger partial charge in [0.15, 0.2) is 11.4 Å². The average molecular weight is 582 g/mol. The number of para-hydroxylation sites is 1. The predicted octanol–water partition coefficient (Wildman–Crippen LogP) is 5.13. The summed E-state index contributed by atoms with van der Waals surface area (Å²) in [4.78, 5) is 8.72. The molecule has 10 nitrogen and oxygen atoms in total. The molecular formula is C25H20BrN5O5S. The Kier molecular flexibility index (Phi) is 6.70. The van der Waals surface area contributed by atoms with Crippen LogP contribution >= 0.6 is 15.9 Å². The second-order valence-corrected chi connectivity index (χ2v) is 10.5. The average Bonchev–Trinajstić information content (AvgIpc) is 3.28. The maximum absolute atomic E-state index is 12.8. The molecule has 0 aliphatic carbocycles. The van der Waals surface area contributed by atoms with Crippen LogP contribution in [0, 0.1) is 0 Å². The van der Waals surface area contributed by atoms with Gasteiger partial charge in [-0.25, -0.2) is 18.7 Å². The maximum atomic E-state index is 12.8. The molecule has 0 aliphatic heterocycles. The number of nitrogens with zero attached hydrogens (tertiary/aromatic N) is 3. The maximum Gasteiger partial charge on any atom is 0.262 e. The SMILES string of the molecule is O=S(=O)(Nc1cccc(CNc2cc(-c3ccccc3O)nc3c(Br)cnn23)c1)c1cccc(OO)c1. The summed E-state index contributed by atoms with van der Waals surface area (Å²) in [6.07, 6.45) is 1.63. The van der Waals surface area contributed by atoms with Crippen LogP contribution in [0.4, 0.5) is 11.5 Å². The smallest absolute Gasteiger partial charge is 0.262 e. The van der Waals surface area contributed by atoms with Gasteiger partial charge in [-0.2, -0.15) is 9.61 Å². The van der Waals surface area contributed by atoms with Crippen molar-refractivity contribution in [3.8, 4) is 22.8 Å². The number of phenols is 1. The largest absolute Gasteiger partial charge is 0.507 e. The highest BCUT2D eigenvalue weighted by atomic mass is 79.9. The fraction of sp³-hybridized carbons (Fsp3) is 0.0400. The Morgan fingerprint density at radius 2 is 1.81 bits per heavy atom. The topological polar surface area (TPSA) is 138 Å². The van der Waals surface area contributed by atoms with Gasteiger partial charge in [0.05, 0.1) is 21.3 Å². The van der Waals surface area contributed by atoms with E-state index >= 15 is 0 Å². The molecule has 0 saturated heterocycles. The van der Waals surface area contributed by atoms with Gasteiger partial charge in [0.1, 0.15) is 11.6 Å². The molecule has 0 bridgehead atoms. The van der Waals surface area contributed by atoms with E-state index in [4.69, 9.17) is 5.26 Å². The molecule has 0 saturated carbocycles. The first-order chi connectivity index (χ1) is 17.8. The van der Waals surface area contributed by atoms with E-state index in [1.54, 1.807) is 53.2 Å². The van der Waals surface area contributed by atoms with Crippen molar-refractivity contribution in [2.45, 2.75) is 11.4 Å². The Hall–Kier alpha value is -4.13. The van der Waals surface area contributed by atoms with Crippen LogP contribution < -0.4 is 14.9 Å². The molecule has 0 atom stereocenters. The van der Waals surface area contributed by atoms with E-state index in [2.05, 4.69) is 40.9 Å². The molecule has 0 aliphatic rings. The second-order valence-electron chi connectivity index (χ2n) is 8.00. The standard InChI is InChI=1S/C25H20BrN5O5S/c26-21-15-28-31-24(13-22(29-25(21)31)20-9-1-2-10-23(20)32)27-14-16-5-3-6-17(11-16)30-37(34,35)19-8-4-7-18(12-19)36-33/h1-13,15,27,30,32-33H,14H2. The number of nitrogens with one attached hydrogen (secondary N) is 2. The van der Waals surface area contributed by atoms with Crippen molar-refractivity contribution in [3.63, 3.8) is 0 Å². The van der Waals surface area contributed by atoms with Gasteiger partial charge < -0.3 is 15.3 Å². The first-order valence-corrected chi connectivity index (χ1v) is 13.2. The van der Waals surface area contributed by atoms with Crippen LogP contribution in [0.2, 0.25) is 0 Å². The first-order valence-electron chi connectivity index (χ1n) is 10.9. The summed E-state index contributed by atoms with van der Waals surface area (Å²) in [5.74, 6) is 0.746. The molecule has 0 unspecified atom stereocenters. The number of aromatic nitrogens is 3. The van der Waals surface area contributed by atoms with Crippen LogP contribution in [0.1, 0.15) is 5.56 Å². The number of fused-ring (bicyclic) bond motifs is 1. The van der Waals surface area contributed by atoms with Crippen molar-refractivity contribution >= 4 is 43.1 Å². The lowest BCUT2D eigenvalue weighted by Crippen LogP contribution is -2.13. The van der Waals surface area contributed by atoms with Crippen molar-refractivity contribution in [1.82, 2.24) is 14.6 Å². The molecule has 37 heavy (non-hydrogen) atoms. The number of phenolic OH excluding ortho intramolecular Hbond substituents is 1. The molecule has 3 aromatic carbocycles. The van der Waals surface area contributed by atoms with E-state index in [0.717, 1.165) is 5.56 Å². The molecule has 5 aromatic rings. The summed E-state index contributed by atoms with van der Waals surface area (Å²) < 4.78 is 30.5. The van der Waals surface area contributed by atoms with Crippen molar-refractivity contribution < 1.29 is 23.7 Å². The summed E-state index contributed by atoms with van der Waals surface area (Å²) in [6, 6.07) is 21.2. The highest BCUT2D eigenvalue weighted by molar-refractivity contribution is 9.10. The molecule has 2 heterocycles. The van der Waals surface area contributed by atoms with Crippen LogP contribution in [-0.4, -0.2) is 33.4 Å². The zero-order valence-electron chi connectivity index (χ0n) is 19.0. The summed E-state index contributed by atoms with van der Waals surface area (Å²) in [5, 5.41) is 26.8. The quantitative estimate of drug-likeness (QED) is 0.146. The first kappa shape index (κ1) is 24.6. The van der Waals surface area contributed by atoms with Crippen molar-refractivity contribution in [2.75, 3.05) is 10.0 Å². The minimum absolute atomic E-state index is 0.0120. The number of hydrogen-bond donors (Lipinski definition) is 4. The van der Waals surface area contributed by atoms with Crippen LogP contribution in [0.25, 0.3) is 16.9 Å². The second kappa shape index (κ2) is 10.1. The third-order valence-electron chi connectivity index (χ3n) is 5.48. The number of anilines is 2. The molecule has 5 rings (SSSR count). The Morgan fingerprint density at radius 1 is 1.00 bits per heavy atom. The lowest BCUT2D eigenvalue weighted by atomic mass is 10.1. The van der Waals surface area contributed by atoms with Crippen LogP contribution in [0.15, 0.2) is 94.4 Å². The number of sulfonamides is 1. The van der Waals surface area contributed by atoms with Gasteiger partial charge in [-0.05, 0) is 57.9 Å². The van der Waals surface area contributed by atoms with Gasteiger partial charge in [0, 0.05) is 29.9 Å². The molecule has 0 amide bonds. The van der Waals surface area contributed by atoms with Crippen LogP contribution in [0.5, 0.6) is 11.5 Å². The third-order valence-corrected chi connectivity index (χ3v) is 7.42.